The molecule has 1 aliphatic heterocycles. The molecule has 33 heavy (non-hydrogen) atoms. The topological polar surface area (TPSA) is 77.1 Å². The summed E-state index contributed by atoms with van der Waals surface area (Å²) >= 11 is 0. The Balaban J connectivity index is 1.53. The molecule has 1 heterocycles. The maximum Gasteiger partial charge on any atom is 0.573 e. The summed E-state index contributed by atoms with van der Waals surface area (Å²) in [4.78, 5) is 25.7. The van der Waals surface area contributed by atoms with E-state index in [0.717, 1.165) is 0 Å². The van der Waals surface area contributed by atoms with Gasteiger partial charge in [0.15, 0.2) is 0 Å². The Morgan fingerprint density at radius 1 is 1.06 bits per heavy atom. The van der Waals surface area contributed by atoms with Gasteiger partial charge in [-0.15, -0.1) is 13.2 Å². The number of para-hydroxylation sites is 1. The fourth-order valence-corrected chi connectivity index (χ4v) is 3.44. The molecule has 0 atom stereocenters. The number of alkyl halides is 3. The number of nitrogens with one attached hydrogen (secondary N) is 1. The van der Waals surface area contributed by atoms with Gasteiger partial charge in [-0.1, -0.05) is 18.2 Å². The maximum absolute atomic E-state index is 13.0. The molecule has 1 saturated heterocycles. The van der Waals surface area contributed by atoms with E-state index in [9.17, 15) is 22.8 Å². The number of amides is 2. The molecule has 0 aliphatic carbocycles. The van der Waals surface area contributed by atoms with E-state index in [-0.39, 0.29) is 36.0 Å². The van der Waals surface area contributed by atoms with Crippen molar-refractivity contribution in [3.8, 4) is 17.2 Å². The zero-order chi connectivity index (χ0) is 23.8. The largest absolute Gasteiger partial charge is 0.573 e. The zero-order valence-corrected chi connectivity index (χ0v) is 18.1. The summed E-state index contributed by atoms with van der Waals surface area (Å²) in [6.45, 7) is 2.84. The molecule has 0 radical (unpaired) electrons. The first-order chi connectivity index (χ1) is 15.7. The fourth-order valence-electron chi connectivity index (χ4n) is 3.44. The molecular weight excluding hydrogens is 441 g/mol. The van der Waals surface area contributed by atoms with Crippen LogP contribution >= 0.6 is 0 Å². The third kappa shape index (κ3) is 7.58. The first-order valence-corrected chi connectivity index (χ1v) is 10.5. The lowest BCUT2D eigenvalue weighted by atomic mass is 10.1. The van der Waals surface area contributed by atoms with Gasteiger partial charge >= 0.3 is 6.36 Å². The van der Waals surface area contributed by atoms with Gasteiger partial charge in [-0.25, -0.2) is 0 Å². The predicted octanol–water partition coefficient (Wildman–Crippen LogP) is 3.78. The molecule has 2 aromatic rings. The van der Waals surface area contributed by atoms with Crippen molar-refractivity contribution in [3.63, 3.8) is 0 Å². The number of hydrogen-bond donors (Lipinski definition) is 1. The van der Waals surface area contributed by atoms with E-state index >= 15 is 0 Å². The Hall–Kier alpha value is -3.43. The number of halogens is 3. The van der Waals surface area contributed by atoms with Crippen LogP contribution in [0.15, 0.2) is 48.5 Å². The van der Waals surface area contributed by atoms with Crippen LogP contribution in [0.3, 0.4) is 0 Å². The monoisotopic (exact) mass is 466 g/mol. The maximum atomic E-state index is 13.0. The number of piperidine rings is 1. The van der Waals surface area contributed by atoms with E-state index in [1.807, 2.05) is 0 Å². The van der Waals surface area contributed by atoms with Crippen LogP contribution in [0.25, 0.3) is 0 Å². The van der Waals surface area contributed by atoms with E-state index in [1.54, 1.807) is 35.2 Å². The van der Waals surface area contributed by atoms with Gasteiger partial charge in [0.2, 0.25) is 5.91 Å². The lowest BCUT2D eigenvalue weighted by Crippen LogP contribution is -2.42. The van der Waals surface area contributed by atoms with Crippen LogP contribution in [0.2, 0.25) is 0 Å². The summed E-state index contributed by atoms with van der Waals surface area (Å²) in [5.74, 6) is 0.0340. The summed E-state index contributed by atoms with van der Waals surface area (Å²) in [5.41, 5.74) is 0.427. The molecule has 10 heteroatoms. The van der Waals surface area contributed by atoms with Crippen LogP contribution < -0.4 is 19.5 Å². The van der Waals surface area contributed by atoms with Crippen molar-refractivity contribution in [2.75, 3.05) is 26.2 Å². The second-order valence-corrected chi connectivity index (χ2v) is 7.46. The summed E-state index contributed by atoms with van der Waals surface area (Å²) in [7, 11) is 0. The normalized spacial score (nSPS) is 14.5. The van der Waals surface area contributed by atoms with Gasteiger partial charge in [0.05, 0.1) is 12.1 Å². The van der Waals surface area contributed by atoms with Crippen molar-refractivity contribution in [1.82, 2.24) is 10.2 Å². The number of rotatable bonds is 8. The minimum atomic E-state index is -4.77. The van der Waals surface area contributed by atoms with Crippen molar-refractivity contribution in [2.24, 2.45) is 0 Å². The molecular formula is C23H25F3N2O5. The molecule has 1 N–H and O–H groups in total. The standard InChI is InChI=1S/C23H25F3N2O5/c1-16(29)27-11-14-31-21-8-3-2-7-20(21)22(30)28-12-9-17(10-13-28)32-18-5-4-6-19(15-18)33-23(24,25)26/h2-8,15,17H,9-14H2,1H3,(H,27,29). The zero-order valence-electron chi connectivity index (χ0n) is 18.1. The predicted molar refractivity (Wildman–Crippen MR) is 113 cm³/mol. The molecule has 0 saturated carbocycles. The Labute approximate surface area is 189 Å². The van der Waals surface area contributed by atoms with E-state index in [1.165, 1.54) is 25.1 Å². The SMILES string of the molecule is CC(=O)NCCOc1ccccc1C(=O)N1CCC(Oc2cccc(OC(F)(F)F)c2)CC1. The summed E-state index contributed by atoms with van der Waals surface area (Å²) in [6, 6.07) is 12.3. The van der Waals surface area contributed by atoms with Crippen molar-refractivity contribution in [3.05, 3.63) is 54.1 Å². The average Bonchev–Trinajstić information content (AvgIpc) is 2.76. The third-order valence-electron chi connectivity index (χ3n) is 4.92. The van der Waals surface area contributed by atoms with Crippen LogP contribution in [0.5, 0.6) is 17.2 Å². The summed E-state index contributed by atoms with van der Waals surface area (Å²) < 4.78 is 52.6. The van der Waals surface area contributed by atoms with E-state index in [4.69, 9.17) is 9.47 Å². The van der Waals surface area contributed by atoms with E-state index < -0.39 is 6.36 Å². The van der Waals surface area contributed by atoms with Crippen molar-refractivity contribution < 1.29 is 37.0 Å². The van der Waals surface area contributed by atoms with Gasteiger partial charge in [0.1, 0.15) is 30.0 Å². The van der Waals surface area contributed by atoms with Gasteiger partial charge < -0.3 is 24.4 Å². The first kappa shape index (κ1) is 24.2. The number of benzene rings is 2. The lowest BCUT2D eigenvalue weighted by Gasteiger charge is -2.32. The number of likely N-dealkylation sites (tertiary alicyclic amines) is 1. The Morgan fingerprint density at radius 2 is 1.76 bits per heavy atom. The van der Waals surface area contributed by atoms with Gasteiger partial charge in [-0.3, -0.25) is 9.59 Å². The number of ether oxygens (including phenoxy) is 3. The third-order valence-corrected chi connectivity index (χ3v) is 4.92. The highest BCUT2D eigenvalue weighted by Crippen LogP contribution is 2.28. The minimum Gasteiger partial charge on any atom is -0.491 e. The lowest BCUT2D eigenvalue weighted by molar-refractivity contribution is -0.274. The number of hydrogen-bond acceptors (Lipinski definition) is 5. The van der Waals surface area contributed by atoms with Crippen LogP contribution in [-0.4, -0.2) is 55.4 Å². The molecule has 0 unspecified atom stereocenters. The molecule has 1 aliphatic rings. The van der Waals surface area contributed by atoms with Crippen molar-refractivity contribution in [2.45, 2.75) is 32.2 Å². The average molecular weight is 466 g/mol. The molecule has 0 spiro atoms. The van der Waals surface area contributed by atoms with Crippen LogP contribution in [-0.2, 0) is 4.79 Å². The molecule has 0 bridgehead atoms. The van der Waals surface area contributed by atoms with Crippen molar-refractivity contribution in [1.29, 1.82) is 0 Å². The second-order valence-electron chi connectivity index (χ2n) is 7.46. The Morgan fingerprint density at radius 3 is 2.45 bits per heavy atom. The van der Waals surface area contributed by atoms with Gasteiger partial charge in [0.25, 0.3) is 5.91 Å². The first-order valence-electron chi connectivity index (χ1n) is 10.5. The van der Waals surface area contributed by atoms with Gasteiger partial charge in [-0.2, -0.15) is 0 Å². The summed E-state index contributed by atoms with van der Waals surface area (Å²) in [5, 5.41) is 2.63. The van der Waals surface area contributed by atoms with Crippen LogP contribution in [0, 0.1) is 0 Å². The highest BCUT2D eigenvalue weighted by molar-refractivity contribution is 5.97. The quantitative estimate of drug-likeness (QED) is 0.600. The molecule has 0 aromatic heterocycles. The van der Waals surface area contributed by atoms with Crippen LogP contribution in [0.1, 0.15) is 30.1 Å². The highest BCUT2D eigenvalue weighted by atomic mass is 19.4. The van der Waals surface area contributed by atoms with Crippen LogP contribution in [0.4, 0.5) is 13.2 Å². The second kappa shape index (κ2) is 10.9. The number of nitrogens with zero attached hydrogens (tertiary/aromatic N) is 1. The minimum absolute atomic E-state index is 0.160. The van der Waals surface area contributed by atoms with Gasteiger partial charge in [0, 0.05) is 38.9 Å². The smallest absolute Gasteiger partial charge is 0.491 e. The summed E-state index contributed by atoms with van der Waals surface area (Å²) in [6.07, 6.45) is -3.95. The molecule has 2 amide bonds. The highest BCUT2D eigenvalue weighted by Gasteiger charge is 2.31. The van der Waals surface area contributed by atoms with E-state index in [2.05, 4.69) is 10.1 Å². The molecule has 7 nitrogen and oxygen atoms in total. The number of carbonyl (C=O) groups excluding carboxylic acids is 2. The Bertz CT molecular complexity index is 959. The van der Waals surface area contributed by atoms with E-state index in [0.29, 0.717) is 43.8 Å². The molecule has 1 fully saturated rings. The Kier molecular flexibility index (Phi) is 8.02. The fraction of sp³-hybridized carbons (Fsp3) is 0.391. The van der Waals surface area contributed by atoms with Gasteiger partial charge in [-0.05, 0) is 24.3 Å². The van der Waals surface area contributed by atoms with Crippen molar-refractivity contribution >= 4 is 11.8 Å². The molecule has 3 rings (SSSR count). The number of carbonyl (C=O) groups is 2. The molecule has 178 valence electrons. The molecule has 2 aromatic carbocycles.